The Balaban J connectivity index is 2.14. The molecule has 4 atom stereocenters. The number of hydrogen-bond acceptors (Lipinski definition) is 6. The largest absolute Gasteiger partial charge is 0.480 e. The van der Waals surface area contributed by atoms with Crippen molar-refractivity contribution in [3.8, 4) is 0 Å². The highest BCUT2D eigenvalue weighted by atomic mass is 16.4. The topological polar surface area (TPSA) is 179 Å². The number of hydrogen-bond donors (Lipinski definition) is 6. The molecule has 0 saturated heterocycles. The highest BCUT2D eigenvalue weighted by Crippen LogP contribution is 2.08. The molecule has 7 N–H and O–H groups in total. The number of nitrogens with one attached hydrogen (secondary N) is 4. The SMILES string of the molecule is CC(C)CC(NC(=O)C(Cc1cnc[nH]1)NC(=O)C(N)Cc1ccccc1)C(=O)NC(C)C(=O)O. The first-order valence-electron chi connectivity index (χ1n) is 11.5. The maximum absolute atomic E-state index is 13.2. The average molecular weight is 487 g/mol. The zero-order chi connectivity index (χ0) is 26.0. The minimum Gasteiger partial charge on any atom is -0.480 e. The fourth-order valence-corrected chi connectivity index (χ4v) is 3.42. The van der Waals surface area contributed by atoms with Crippen molar-refractivity contribution in [2.45, 2.75) is 64.2 Å². The molecular formula is C24H34N6O5. The molecule has 1 aromatic carbocycles. The Labute approximate surface area is 204 Å². The maximum atomic E-state index is 13.2. The van der Waals surface area contributed by atoms with Crippen molar-refractivity contribution < 1.29 is 24.3 Å². The van der Waals surface area contributed by atoms with Crippen LogP contribution in [-0.4, -0.2) is 62.9 Å². The van der Waals surface area contributed by atoms with Gasteiger partial charge in [0, 0.05) is 18.3 Å². The Morgan fingerprint density at radius 1 is 0.943 bits per heavy atom. The van der Waals surface area contributed by atoms with Gasteiger partial charge in [0.15, 0.2) is 0 Å². The third-order valence-electron chi connectivity index (χ3n) is 5.32. The first-order chi connectivity index (χ1) is 16.6. The van der Waals surface area contributed by atoms with Crippen LogP contribution in [0.3, 0.4) is 0 Å². The molecule has 0 saturated carbocycles. The first-order valence-corrected chi connectivity index (χ1v) is 11.5. The molecule has 2 aromatic rings. The molecule has 11 heteroatoms. The van der Waals surface area contributed by atoms with Gasteiger partial charge in [-0.15, -0.1) is 0 Å². The van der Waals surface area contributed by atoms with E-state index in [2.05, 4.69) is 25.9 Å². The molecular weight excluding hydrogens is 452 g/mol. The van der Waals surface area contributed by atoms with Crippen molar-refractivity contribution in [1.82, 2.24) is 25.9 Å². The molecule has 1 heterocycles. The van der Waals surface area contributed by atoms with E-state index in [-0.39, 0.29) is 25.2 Å². The summed E-state index contributed by atoms with van der Waals surface area (Å²) in [7, 11) is 0. The molecule has 0 aliphatic carbocycles. The number of H-pyrrole nitrogens is 1. The number of aliphatic carboxylic acids is 1. The van der Waals surface area contributed by atoms with Gasteiger partial charge in [-0.05, 0) is 31.2 Å². The van der Waals surface area contributed by atoms with Crippen LogP contribution in [0.1, 0.15) is 38.4 Å². The van der Waals surface area contributed by atoms with E-state index in [9.17, 15) is 19.2 Å². The van der Waals surface area contributed by atoms with Gasteiger partial charge in [-0.25, -0.2) is 4.98 Å². The summed E-state index contributed by atoms with van der Waals surface area (Å²) in [5, 5.41) is 16.8. The van der Waals surface area contributed by atoms with Gasteiger partial charge in [0.25, 0.3) is 0 Å². The van der Waals surface area contributed by atoms with Gasteiger partial charge in [-0.3, -0.25) is 19.2 Å². The lowest BCUT2D eigenvalue weighted by Gasteiger charge is -2.25. The summed E-state index contributed by atoms with van der Waals surface area (Å²) in [6.07, 6.45) is 3.65. The van der Waals surface area contributed by atoms with Crippen LogP contribution in [0.15, 0.2) is 42.9 Å². The molecule has 0 radical (unpaired) electrons. The highest BCUT2D eigenvalue weighted by Gasteiger charge is 2.30. The average Bonchev–Trinajstić information content (AvgIpc) is 3.31. The van der Waals surface area contributed by atoms with E-state index in [1.54, 1.807) is 0 Å². The van der Waals surface area contributed by atoms with Gasteiger partial charge >= 0.3 is 5.97 Å². The van der Waals surface area contributed by atoms with Crippen LogP contribution in [0.4, 0.5) is 0 Å². The van der Waals surface area contributed by atoms with Crippen molar-refractivity contribution >= 4 is 23.7 Å². The number of carboxylic acid groups (broad SMARTS) is 1. The van der Waals surface area contributed by atoms with Gasteiger partial charge in [0.05, 0.1) is 12.4 Å². The van der Waals surface area contributed by atoms with Gasteiger partial charge in [0.2, 0.25) is 17.7 Å². The summed E-state index contributed by atoms with van der Waals surface area (Å²) < 4.78 is 0. The van der Waals surface area contributed by atoms with Crippen molar-refractivity contribution in [2.24, 2.45) is 11.7 Å². The molecule has 2 rings (SSSR count). The number of aromatic nitrogens is 2. The van der Waals surface area contributed by atoms with Gasteiger partial charge in [0.1, 0.15) is 18.1 Å². The molecule has 0 aliphatic rings. The Hall–Kier alpha value is -3.73. The maximum Gasteiger partial charge on any atom is 0.325 e. The molecule has 11 nitrogen and oxygen atoms in total. The second-order valence-electron chi connectivity index (χ2n) is 8.90. The van der Waals surface area contributed by atoms with E-state index >= 15 is 0 Å². The predicted octanol–water partition coefficient (Wildman–Crippen LogP) is 0.127. The minimum atomic E-state index is -1.19. The second kappa shape index (κ2) is 13.2. The Kier molecular flexibility index (Phi) is 10.4. The number of rotatable bonds is 13. The monoisotopic (exact) mass is 486 g/mol. The van der Waals surface area contributed by atoms with Crippen molar-refractivity contribution in [1.29, 1.82) is 0 Å². The van der Waals surface area contributed by atoms with Crippen molar-refractivity contribution in [3.63, 3.8) is 0 Å². The number of aromatic amines is 1. The van der Waals surface area contributed by atoms with Crippen LogP contribution >= 0.6 is 0 Å². The zero-order valence-electron chi connectivity index (χ0n) is 20.2. The zero-order valence-corrected chi connectivity index (χ0v) is 20.2. The van der Waals surface area contributed by atoms with Crippen LogP contribution in [0.2, 0.25) is 0 Å². The van der Waals surface area contributed by atoms with Crippen LogP contribution in [0, 0.1) is 5.92 Å². The van der Waals surface area contributed by atoms with E-state index in [1.807, 2.05) is 44.2 Å². The van der Waals surface area contributed by atoms with Crippen LogP contribution in [0.25, 0.3) is 0 Å². The van der Waals surface area contributed by atoms with Gasteiger partial charge < -0.3 is 31.8 Å². The molecule has 0 aliphatic heterocycles. The normalized spacial score (nSPS) is 14.4. The van der Waals surface area contributed by atoms with E-state index in [4.69, 9.17) is 10.8 Å². The molecule has 1 aromatic heterocycles. The number of carbonyl (C=O) groups excluding carboxylic acids is 3. The second-order valence-corrected chi connectivity index (χ2v) is 8.90. The molecule has 0 bridgehead atoms. The lowest BCUT2D eigenvalue weighted by Crippen LogP contribution is -2.57. The number of carbonyl (C=O) groups is 4. The van der Waals surface area contributed by atoms with Crippen LogP contribution < -0.4 is 21.7 Å². The Morgan fingerprint density at radius 3 is 2.14 bits per heavy atom. The summed E-state index contributed by atoms with van der Waals surface area (Å²) in [5.74, 6) is -2.88. The summed E-state index contributed by atoms with van der Waals surface area (Å²) in [6.45, 7) is 5.09. The molecule has 0 fully saturated rings. The quantitative estimate of drug-likeness (QED) is 0.233. The van der Waals surface area contributed by atoms with E-state index < -0.39 is 47.9 Å². The van der Waals surface area contributed by atoms with Crippen LogP contribution in [0.5, 0.6) is 0 Å². The summed E-state index contributed by atoms with van der Waals surface area (Å²) in [6, 6.07) is 5.24. The third-order valence-corrected chi connectivity index (χ3v) is 5.32. The van der Waals surface area contributed by atoms with Crippen LogP contribution in [-0.2, 0) is 32.0 Å². The van der Waals surface area contributed by atoms with Crippen molar-refractivity contribution in [2.75, 3.05) is 0 Å². The van der Waals surface area contributed by atoms with Gasteiger partial charge in [-0.1, -0.05) is 44.2 Å². The fourth-order valence-electron chi connectivity index (χ4n) is 3.42. The number of nitrogens with two attached hydrogens (primary N) is 1. The summed E-state index contributed by atoms with van der Waals surface area (Å²) >= 11 is 0. The van der Waals surface area contributed by atoms with E-state index in [0.717, 1.165) is 5.56 Å². The predicted molar refractivity (Wildman–Crippen MR) is 129 cm³/mol. The molecule has 3 amide bonds. The lowest BCUT2D eigenvalue weighted by atomic mass is 10.0. The molecule has 35 heavy (non-hydrogen) atoms. The fraction of sp³-hybridized carbons (Fsp3) is 0.458. The first kappa shape index (κ1) is 27.5. The molecule has 190 valence electrons. The van der Waals surface area contributed by atoms with E-state index in [1.165, 1.54) is 19.4 Å². The number of amides is 3. The molecule has 4 unspecified atom stereocenters. The Bertz CT molecular complexity index is 980. The number of nitrogens with zero attached hydrogens (tertiary/aromatic N) is 1. The lowest BCUT2D eigenvalue weighted by molar-refractivity contribution is -0.141. The number of imidazole rings is 1. The number of carboxylic acids is 1. The third kappa shape index (κ3) is 9.20. The summed E-state index contributed by atoms with van der Waals surface area (Å²) in [5.41, 5.74) is 7.57. The van der Waals surface area contributed by atoms with Crippen molar-refractivity contribution in [3.05, 3.63) is 54.1 Å². The standard InChI is InChI=1S/C24H34N6O5/c1-14(2)9-19(22(32)28-15(3)24(34)35)30-23(33)20(11-17-12-26-13-27-17)29-21(31)18(25)10-16-7-5-4-6-8-16/h4-8,12-15,18-20H,9-11,25H2,1-3H3,(H,26,27)(H,28,32)(H,29,31)(H,30,33)(H,34,35). The number of benzene rings is 1. The van der Waals surface area contributed by atoms with Gasteiger partial charge in [-0.2, -0.15) is 0 Å². The Morgan fingerprint density at radius 2 is 1.57 bits per heavy atom. The minimum absolute atomic E-state index is 0.0335. The molecule has 0 spiro atoms. The smallest absolute Gasteiger partial charge is 0.325 e. The van der Waals surface area contributed by atoms with E-state index in [0.29, 0.717) is 5.69 Å². The highest BCUT2D eigenvalue weighted by molar-refractivity contribution is 5.94. The summed E-state index contributed by atoms with van der Waals surface area (Å²) in [4.78, 5) is 56.7.